The molecule has 0 atom stereocenters. The van der Waals surface area contributed by atoms with Crippen LogP contribution in [0.2, 0.25) is 0 Å². The Morgan fingerprint density at radius 2 is 2.57 bits per heavy atom. The molecule has 0 aliphatic carbocycles. The monoisotopic (exact) mass is 196 g/mol. The Morgan fingerprint density at radius 1 is 1.79 bits per heavy atom. The van der Waals surface area contributed by atoms with E-state index in [1.54, 1.807) is 10.9 Å². The number of Topliss-reactive ketones (excluding diaryl/α,β-unsaturated/α-hetero) is 1. The summed E-state index contributed by atoms with van der Waals surface area (Å²) in [4.78, 5) is 11.3. The summed E-state index contributed by atoms with van der Waals surface area (Å²) in [6.45, 7) is 1.84. The Morgan fingerprint density at radius 3 is 3.14 bits per heavy atom. The summed E-state index contributed by atoms with van der Waals surface area (Å²) in [5.41, 5.74) is 0.374. The Hall–Kier alpha value is -1.27. The largest absolute Gasteiger partial charge is 0.376 e. The summed E-state index contributed by atoms with van der Waals surface area (Å²) in [5, 5.41) is 10.8. The second-order valence-corrected chi connectivity index (χ2v) is 3.25. The third kappa shape index (κ3) is 1.66. The number of ether oxygens (including phenoxy) is 1. The second kappa shape index (κ2) is 3.85. The van der Waals surface area contributed by atoms with Gasteiger partial charge in [-0.3, -0.25) is 4.79 Å². The minimum Gasteiger partial charge on any atom is -0.376 e. The van der Waals surface area contributed by atoms with Crippen molar-refractivity contribution in [2.75, 3.05) is 26.8 Å². The SMILES string of the molecule is COCC(=O)c1cn(C2CNC2)nn1. The number of carbonyl (C=O) groups excluding carboxylic acids is 1. The topological polar surface area (TPSA) is 69.0 Å². The molecular formula is C8H12N4O2. The van der Waals surface area contributed by atoms with Crippen molar-refractivity contribution >= 4 is 5.78 Å². The van der Waals surface area contributed by atoms with Crippen LogP contribution >= 0.6 is 0 Å². The van der Waals surface area contributed by atoms with Crippen molar-refractivity contribution in [1.29, 1.82) is 0 Å². The Labute approximate surface area is 81.2 Å². The summed E-state index contributed by atoms with van der Waals surface area (Å²) < 4.78 is 6.45. The molecule has 0 bridgehead atoms. The minimum atomic E-state index is -0.133. The van der Waals surface area contributed by atoms with Crippen molar-refractivity contribution in [2.24, 2.45) is 0 Å². The third-order valence-corrected chi connectivity index (χ3v) is 2.21. The van der Waals surface area contributed by atoms with Crippen molar-refractivity contribution in [1.82, 2.24) is 20.3 Å². The van der Waals surface area contributed by atoms with Gasteiger partial charge in [0.05, 0.1) is 12.2 Å². The van der Waals surface area contributed by atoms with Crippen molar-refractivity contribution in [3.63, 3.8) is 0 Å². The lowest BCUT2D eigenvalue weighted by molar-refractivity contribution is 0.0843. The number of rotatable bonds is 4. The molecule has 76 valence electrons. The summed E-state index contributed by atoms with van der Waals surface area (Å²) in [6.07, 6.45) is 1.67. The number of hydrogen-bond acceptors (Lipinski definition) is 5. The zero-order valence-corrected chi connectivity index (χ0v) is 7.93. The van der Waals surface area contributed by atoms with Crippen molar-refractivity contribution in [3.8, 4) is 0 Å². The van der Waals surface area contributed by atoms with Crippen LogP contribution in [0.1, 0.15) is 16.5 Å². The number of nitrogens with one attached hydrogen (secondary N) is 1. The van der Waals surface area contributed by atoms with E-state index in [9.17, 15) is 4.79 Å². The molecule has 0 saturated carbocycles. The summed E-state index contributed by atoms with van der Waals surface area (Å²) in [5.74, 6) is -0.133. The third-order valence-electron chi connectivity index (χ3n) is 2.21. The van der Waals surface area contributed by atoms with Crippen molar-refractivity contribution in [3.05, 3.63) is 11.9 Å². The molecule has 14 heavy (non-hydrogen) atoms. The highest BCUT2D eigenvalue weighted by Gasteiger charge is 2.21. The molecule has 0 aromatic carbocycles. The van der Waals surface area contributed by atoms with Gasteiger partial charge in [0.25, 0.3) is 0 Å². The van der Waals surface area contributed by atoms with E-state index >= 15 is 0 Å². The molecule has 6 heteroatoms. The van der Waals surface area contributed by atoms with E-state index in [0.717, 1.165) is 13.1 Å². The fourth-order valence-electron chi connectivity index (χ4n) is 1.25. The van der Waals surface area contributed by atoms with Crippen LogP contribution in [0.25, 0.3) is 0 Å². The summed E-state index contributed by atoms with van der Waals surface area (Å²) in [6, 6.07) is 0.339. The van der Waals surface area contributed by atoms with E-state index in [1.165, 1.54) is 7.11 Å². The predicted molar refractivity (Wildman–Crippen MR) is 48.1 cm³/mol. The van der Waals surface area contributed by atoms with E-state index in [-0.39, 0.29) is 12.4 Å². The summed E-state index contributed by atoms with van der Waals surface area (Å²) in [7, 11) is 1.48. The van der Waals surface area contributed by atoms with Crippen LogP contribution in [0.5, 0.6) is 0 Å². The molecule has 1 aromatic heterocycles. The predicted octanol–water partition coefficient (Wildman–Crippen LogP) is -0.749. The highest BCUT2D eigenvalue weighted by atomic mass is 16.5. The maximum atomic E-state index is 11.3. The molecule has 2 heterocycles. The molecule has 2 rings (SSSR count). The first kappa shape index (κ1) is 9.29. The molecule has 1 fully saturated rings. The molecule has 0 unspecified atom stereocenters. The van der Waals surface area contributed by atoms with Gasteiger partial charge in [-0.25, -0.2) is 4.68 Å². The lowest BCUT2D eigenvalue weighted by atomic mass is 10.2. The Bertz CT molecular complexity index is 332. The molecule has 0 spiro atoms. The normalized spacial score (nSPS) is 16.6. The van der Waals surface area contributed by atoms with Gasteiger partial charge in [0.15, 0.2) is 5.69 Å². The average Bonchev–Trinajstić information content (AvgIpc) is 2.50. The van der Waals surface area contributed by atoms with Crippen LogP contribution in [0.3, 0.4) is 0 Å². The first-order valence-corrected chi connectivity index (χ1v) is 4.46. The first-order chi connectivity index (χ1) is 6.81. The van der Waals surface area contributed by atoms with E-state index in [1.807, 2.05) is 0 Å². The second-order valence-electron chi connectivity index (χ2n) is 3.25. The fourth-order valence-corrected chi connectivity index (χ4v) is 1.25. The quantitative estimate of drug-likeness (QED) is 0.642. The van der Waals surface area contributed by atoms with Gasteiger partial charge in [0.2, 0.25) is 5.78 Å². The van der Waals surface area contributed by atoms with E-state index in [2.05, 4.69) is 15.6 Å². The van der Waals surface area contributed by atoms with Crippen LogP contribution in [0, 0.1) is 0 Å². The average molecular weight is 196 g/mol. The summed E-state index contributed by atoms with van der Waals surface area (Å²) >= 11 is 0. The molecule has 0 radical (unpaired) electrons. The Kier molecular flexibility index (Phi) is 2.55. The van der Waals surface area contributed by atoms with Gasteiger partial charge in [-0.1, -0.05) is 5.21 Å². The highest BCUT2D eigenvalue weighted by molar-refractivity contribution is 5.94. The van der Waals surface area contributed by atoms with Gasteiger partial charge in [-0.15, -0.1) is 5.10 Å². The molecule has 0 amide bonds. The van der Waals surface area contributed by atoms with Gasteiger partial charge < -0.3 is 10.1 Å². The van der Waals surface area contributed by atoms with Gasteiger partial charge in [-0.2, -0.15) is 0 Å². The van der Waals surface area contributed by atoms with Gasteiger partial charge >= 0.3 is 0 Å². The van der Waals surface area contributed by atoms with E-state index in [4.69, 9.17) is 4.74 Å². The van der Waals surface area contributed by atoms with Crippen molar-refractivity contribution < 1.29 is 9.53 Å². The molecule has 1 aromatic rings. The zero-order valence-electron chi connectivity index (χ0n) is 7.93. The standard InChI is InChI=1S/C8H12N4O2/c1-14-5-8(13)7-4-12(11-10-7)6-2-9-3-6/h4,6,9H,2-3,5H2,1H3. The van der Waals surface area contributed by atoms with Crippen LogP contribution in [-0.4, -0.2) is 47.6 Å². The zero-order chi connectivity index (χ0) is 9.97. The van der Waals surface area contributed by atoms with Crippen LogP contribution < -0.4 is 5.32 Å². The lowest BCUT2D eigenvalue weighted by Crippen LogP contribution is -2.43. The highest BCUT2D eigenvalue weighted by Crippen LogP contribution is 2.09. The molecule has 1 aliphatic rings. The number of ketones is 1. The van der Waals surface area contributed by atoms with Gasteiger partial charge in [0, 0.05) is 20.2 Å². The van der Waals surface area contributed by atoms with E-state index in [0.29, 0.717) is 11.7 Å². The van der Waals surface area contributed by atoms with Gasteiger partial charge in [0.1, 0.15) is 6.61 Å². The van der Waals surface area contributed by atoms with Gasteiger partial charge in [-0.05, 0) is 0 Å². The van der Waals surface area contributed by atoms with E-state index < -0.39 is 0 Å². The number of carbonyl (C=O) groups is 1. The smallest absolute Gasteiger partial charge is 0.210 e. The maximum Gasteiger partial charge on any atom is 0.210 e. The lowest BCUT2D eigenvalue weighted by Gasteiger charge is -2.26. The number of aromatic nitrogens is 3. The van der Waals surface area contributed by atoms with Crippen molar-refractivity contribution in [2.45, 2.75) is 6.04 Å². The molecule has 1 N–H and O–H groups in total. The number of nitrogens with zero attached hydrogens (tertiary/aromatic N) is 3. The molecule has 1 aliphatic heterocycles. The number of methoxy groups -OCH3 is 1. The van der Waals surface area contributed by atoms with Crippen LogP contribution in [-0.2, 0) is 4.74 Å². The molecule has 1 saturated heterocycles. The van der Waals surface area contributed by atoms with Crippen LogP contribution in [0.4, 0.5) is 0 Å². The van der Waals surface area contributed by atoms with Crippen LogP contribution in [0.15, 0.2) is 6.20 Å². The molecule has 6 nitrogen and oxygen atoms in total. The first-order valence-electron chi connectivity index (χ1n) is 4.46. The fraction of sp³-hybridized carbons (Fsp3) is 0.625. The number of hydrogen-bond donors (Lipinski definition) is 1. The Balaban J connectivity index is 2.05. The molecular weight excluding hydrogens is 184 g/mol. The maximum absolute atomic E-state index is 11.3. The minimum absolute atomic E-state index is 0.0572.